The van der Waals surface area contributed by atoms with Crippen molar-refractivity contribution in [2.75, 3.05) is 23.3 Å². The number of hydrogen-bond donors (Lipinski definition) is 1. The number of anilines is 2. The van der Waals surface area contributed by atoms with Gasteiger partial charge in [0.05, 0.1) is 23.1 Å². The summed E-state index contributed by atoms with van der Waals surface area (Å²) in [5.41, 5.74) is 4.97. The zero-order valence-corrected chi connectivity index (χ0v) is 15.8. The summed E-state index contributed by atoms with van der Waals surface area (Å²) in [5.74, 6) is 0.880. The third-order valence-corrected chi connectivity index (χ3v) is 5.19. The number of hydrogen-bond acceptors (Lipinski definition) is 4. The van der Waals surface area contributed by atoms with Crippen molar-refractivity contribution in [2.45, 2.75) is 26.7 Å². The number of carbonyl (C=O) groups excluding carboxylic acids is 1. The van der Waals surface area contributed by atoms with Gasteiger partial charge in [-0.3, -0.25) is 9.78 Å². The van der Waals surface area contributed by atoms with Crippen molar-refractivity contribution in [1.82, 2.24) is 9.97 Å². The molecule has 0 aliphatic carbocycles. The number of para-hydroxylation sites is 2. The number of nitrogens with one attached hydrogen (secondary N) is 1. The summed E-state index contributed by atoms with van der Waals surface area (Å²) in [6.07, 6.45) is 3.68. The fourth-order valence-electron chi connectivity index (χ4n) is 3.69. The second-order valence-electron chi connectivity index (χ2n) is 7.31. The molecule has 1 saturated heterocycles. The van der Waals surface area contributed by atoms with Crippen molar-refractivity contribution in [2.24, 2.45) is 5.92 Å². The Morgan fingerprint density at radius 3 is 2.78 bits per heavy atom. The molecular weight excluding hydrogens is 336 g/mol. The highest BCUT2D eigenvalue weighted by molar-refractivity contribution is 5.93. The summed E-state index contributed by atoms with van der Waals surface area (Å²) in [7, 11) is 0. The largest absolute Gasteiger partial charge is 0.355 e. The van der Waals surface area contributed by atoms with Gasteiger partial charge < -0.3 is 10.2 Å². The molecule has 27 heavy (non-hydrogen) atoms. The van der Waals surface area contributed by atoms with Crippen LogP contribution in [0.25, 0.3) is 11.0 Å². The fourth-order valence-corrected chi connectivity index (χ4v) is 3.69. The number of benzene rings is 2. The molecule has 1 amide bonds. The van der Waals surface area contributed by atoms with Gasteiger partial charge >= 0.3 is 0 Å². The van der Waals surface area contributed by atoms with E-state index in [0.717, 1.165) is 47.5 Å². The van der Waals surface area contributed by atoms with Crippen LogP contribution in [0.2, 0.25) is 0 Å². The first kappa shape index (κ1) is 17.5. The third-order valence-electron chi connectivity index (χ3n) is 5.19. The molecule has 4 rings (SSSR count). The number of amides is 1. The Bertz CT molecular complexity index is 985. The summed E-state index contributed by atoms with van der Waals surface area (Å²) < 4.78 is 0. The van der Waals surface area contributed by atoms with Crippen molar-refractivity contribution >= 4 is 28.4 Å². The summed E-state index contributed by atoms with van der Waals surface area (Å²) in [5, 5.41) is 3.11. The Morgan fingerprint density at radius 1 is 1.15 bits per heavy atom. The van der Waals surface area contributed by atoms with Gasteiger partial charge in [0.2, 0.25) is 5.91 Å². The number of rotatable bonds is 3. The maximum absolute atomic E-state index is 12.8. The fraction of sp³-hybridized carbons (Fsp3) is 0.318. The monoisotopic (exact) mass is 360 g/mol. The van der Waals surface area contributed by atoms with Crippen LogP contribution < -0.4 is 10.2 Å². The van der Waals surface area contributed by atoms with E-state index in [4.69, 9.17) is 4.98 Å². The molecule has 0 bridgehead atoms. The minimum absolute atomic E-state index is 0.0484. The van der Waals surface area contributed by atoms with Gasteiger partial charge in [0, 0.05) is 18.8 Å². The van der Waals surface area contributed by atoms with Gasteiger partial charge in [-0.1, -0.05) is 29.8 Å². The van der Waals surface area contributed by atoms with Gasteiger partial charge in [-0.2, -0.15) is 0 Å². The molecule has 1 aliphatic heterocycles. The minimum atomic E-state index is -0.0484. The molecule has 2 heterocycles. The SMILES string of the molecule is Cc1ccc(NC(=O)C2CCCN(c3cnc4ccccc4n3)C2)c(C)c1. The Kier molecular flexibility index (Phi) is 4.75. The lowest BCUT2D eigenvalue weighted by molar-refractivity contribution is -0.120. The molecule has 0 radical (unpaired) electrons. The minimum Gasteiger partial charge on any atom is -0.355 e. The Morgan fingerprint density at radius 2 is 1.96 bits per heavy atom. The van der Waals surface area contributed by atoms with E-state index < -0.39 is 0 Å². The number of carbonyl (C=O) groups is 1. The molecule has 1 aromatic heterocycles. The van der Waals surface area contributed by atoms with Crippen LogP contribution in [0.5, 0.6) is 0 Å². The molecule has 5 nitrogen and oxygen atoms in total. The van der Waals surface area contributed by atoms with E-state index in [1.165, 1.54) is 5.56 Å². The zero-order chi connectivity index (χ0) is 18.8. The van der Waals surface area contributed by atoms with Crippen LogP contribution in [0, 0.1) is 19.8 Å². The molecule has 3 aromatic rings. The quantitative estimate of drug-likeness (QED) is 0.764. The van der Waals surface area contributed by atoms with E-state index in [1.54, 1.807) is 0 Å². The van der Waals surface area contributed by atoms with Gasteiger partial charge in [-0.25, -0.2) is 4.98 Å². The first-order chi connectivity index (χ1) is 13.1. The highest BCUT2D eigenvalue weighted by Gasteiger charge is 2.27. The molecule has 0 spiro atoms. The predicted molar refractivity (Wildman–Crippen MR) is 109 cm³/mol. The number of fused-ring (bicyclic) bond motifs is 1. The molecule has 1 N–H and O–H groups in total. The van der Waals surface area contributed by atoms with Gasteiger partial charge in [0.15, 0.2) is 0 Å². The van der Waals surface area contributed by atoms with Crippen LogP contribution in [0.1, 0.15) is 24.0 Å². The van der Waals surface area contributed by atoms with Crippen molar-refractivity contribution in [1.29, 1.82) is 0 Å². The van der Waals surface area contributed by atoms with Crippen LogP contribution >= 0.6 is 0 Å². The van der Waals surface area contributed by atoms with E-state index in [9.17, 15) is 4.79 Å². The Hall–Kier alpha value is -2.95. The Balaban J connectivity index is 1.49. The molecule has 1 fully saturated rings. The molecule has 0 saturated carbocycles. The maximum atomic E-state index is 12.8. The number of aryl methyl sites for hydroxylation is 2. The van der Waals surface area contributed by atoms with Gasteiger partial charge in [-0.15, -0.1) is 0 Å². The molecule has 1 unspecified atom stereocenters. The highest BCUT2D eigenvalue weighted by atomic mass is 16.1. The van der Waals surface area contributed by atoms with Crippen LogP contribution in [0.15, 0.2) is 48.7 Å². The van der Waals surface area contributed by atoms with Gasteiger partial charge in [0.25, 0.3) is 0 Å². The van der Waals surface area contributed by atoms with Crippen LogP contribution in [-0.2, 0) is 4.79 Å². The highest BCUT2D eigenvalue weighted by Crippen LogP contribution is 2.25. The van der Waals surface area contributed by atoms with E-state index in [1.807, 2.05) is 49.5 Å². The lowest BCUT2D eigenvalue weighted by atomic mass is 9.97. The molecule has 5 heteroatoms. The first-order valence-electron chi connectivity index (χ1n) is 9.45. The van der Waals surface area contributed by atoms with E-state index in [-0.39, 0.29) is 11.8 Å². The van der Waals surface area contributed by atoms with Crippen LogP contribution in [-0.4, -0.2) is 29.0 Å². The molecule has 2 aromatic carbocycles. The molecular formula is C22H24N4O. The maximum Gasteiger partial charge on any atom is 0.229 e. The summed E-state index contributed by atoms with van der Waals surface area (Å²) >= 11 is 0. The number of aromatic nitrogens is 2. The smallest absolute Gasteiger partial charge is 0.229 e. The summed E-state index contributed by atoms with van der Waals surface area (Å²) in [4.78, 5) is 24.2. The van der Waals surface area contributed by atoms with Crippen molar-refractivity contribution in [3.63, 3.8) is 0 Å². The number of nitrogens with zero attached hydrogens (tertiary/aromatic N) is 3. The normalized spacial score (nSPS) is 17.1. The average Bonchev–Trinajstić information content (AvgIpc) is 2.70. The van der Waals surface area contributed by atoms with Crippen LogP contribution in [0.4, 0.5) is 11.5 Å². The van der Waals surface area contributed by atoms with Crippen molar-refractivity contribution in [3.05, 3.63) is 59.8 Å². The second kappa shape index (κ2) is 7.35. The van der Waals surface area contributed by atoms with E-state index >= 15 is 0 Å². The predicted octanol–water partition coefficient (Wildman–Crippen LogP) is 4.10. The second-order valence-corrected chi connectivity index (χ2v) is 7.31. The molecule has 1 aliphatic rings. The lowest BCUT2D eigenvalue weighted by Crippen LogP contribution is -2.41. The van der Waals surface area contributed by atoms with E-state index in [2.05, 4.69) is 28.2 Å². The standard InChI is InChI=1S/C22H24N4O/c1-15-9-10-18(16(2)12-15)25-22(27)17-6-5-11-26(14-17)21-13-23-19-7-3-4-8-20(19)24-21/h3-4,7-10,12-13,17H,5-6,11,14H2,1-2H3,(H,25,27). The van der Waals surface area contributed by atoms with Crippen molar-refractivity contribution < 1.29 is 4.79 Å². The zero-order valence-electron chi connectivity index (χ0n) is 15.8. The first-order valence-corrected chi connectivity index (χ1v) is 9.45. The van der Waals surface area contributed by atoms with E-state index in [0.29, 0.717) is 6.54 Å². The topological polar surface area (TPSA) is 58.1 Å². The third kappa shape index (κ3) is 3.77. The average molecular weight is 360 g/mol. The van der Waals surface area contributed by atoms with Gasteiger partial charge in [0.1, 0.15) is 5.82 Å². The lowest BCUT2D eigenvalue weighted by Gasteiger charge is -2.32. The Labute approximate surface area is 159 Å². The summed E-state index contributed by atoms with van der Waals surface area (Å²) in [6, 6.07) is 14.0. The van der Waals surface area contributed by atoms with Crippen LogP contribution in [0.3, 0.4) is 0 Å². The van der Waals surface area contributed by atoms with Gasteiger partial charge in [-0.05, 0) is 50.5 Å². The summed E-state index contributed by atoms with van der Waals surface area (Å²) in [6.45, 7) is 5.66. The molecule has 138 valence electrons. The number of piperidine rings is 1. The van der Waals surface area contributed by atoms with Crippen molar-refractivity contribution in [3.8, 4) is 0 Å². The molecule has 1 atom stereocenters.